The van der Waals surface area contributed by atoms with Crippen LogP contribution in [-0.4, -0.2) is 21.3 Å². The number of hydrogen-bond acceptors (Lipinski definition) is 0. The molecule has 0 N–H and O–H groups in total. The Kier molecular flexibility index (Phi) is 24.6. The molecule has 0 aliphatic rings. The van der Waals surface area contributed by atoms with Gasteiger partial charge in [0, 0.05) is 11.8 Å². The summed E-state index contributed by atoms with van der Waals surface area (Å²) in [5, 5.41) is 0. The Hall–Kier alpha value is 1.09. The minimum atomic E-state index is 0.684. The van der Waals surface area contributed by atoms with Crippen LogP contribution in [0.5, 0.6) is 0 Å². The lowest BCUT2D eigenvalue weighted by molar-refractivity contribution is 1.11. The lowest BCUT2D eigenvalue weighted by Gasteiger charge is -1.75. The van der Waals surface area contributed by atoms with E-state index >= 15 is 0 Å². The molecule has 0 aliphatic carbocycles. The van der Waals surface area contributed by atoms with Crippen LogP contribution < -0.4 is 0 Å². The van der Waals surface area contributed by atoms with E-state index in [1.807, 2.05) is 0 Å². The van der Waals surface area contributed by atoms with Gasteiger partial charge in [-0.05, 0) is 6.42 Å². The van der Waals surface area contributed by atoms with Crippen LogP contribution in [0.3, 0.4) is 0 Å². The summed E-state index contributed by atoms with van der Waals surface area (Å²) in [7, 11) is 0.778. The molecule has 0 aromatic heterocycles. The fourth-order valence-electron chi connectivity index (χ4n) is 0.0505. The summed E-state index contributed by atoms with van der Waals surface area (Å²) in [5.41, 5.74) is 0. The van der Waals surface area contributed by atoms with E-state index in [1.165, 1.54) is 0 Å². The molecule has 0 heterocycles. The third kappa shape index (κ3) is 19.2. The second kappa shape index (κ2) is 15.7. The first kappa shape index (κ1) is 11.0. The monoisotopic (exact) mass is 178 g/mol. The van der Waals surface area contributed by atoms with Gasteiger partial charge in [-0.15, -0.1) is 23.2 Å². The molecular formula is C3H9Cl3Si. The maximum atomic E-state index is 5.22. The van der Waals surface area contributed by atoms with Crippen molar-refractivity contribution in [3.05, 3.63) is 0 Å². The zero-order valence-electron chi connectivity index (χ0n) is 4.26. The van der Waals surface area contributed by atoms with Gasteiger partial charge in [-0.1, -0.05) is 0 Å². The topological polar surface area (TPSA) is 0 Å². The first-order valence-corrected chi connectivity index (χ1v) is 6.01. The van der Waals surface area contributed by atoms with Crippen LogP contribution >= 0.6 is 34.3 Å². The van der Waals surface area contributed by atoms with Crippen LogP contribution in [-0.2, 0) is 0 Å². The van der Waals surface area contributed by atoms with Gasteiger partial charge >= 0.3 is 0 Å². The molecule has 0 aliphatic heterocycles. The minimum Gasteiger partial charge on any atom is -0.181 e. The first-order chi connectivity index (χ1) is 3.41. The van der Waals surface area contributed by atoms with Crippen molar-refractivity contribution in [2.45, 2.75) is 6.42 Å². The van der Waals surface area contributed by atoms with Crippen molar-refractivity contribution < 1.29 is 0 Å². The van der Waals surface area contributed by atoms with Crippen molar-refractivity contribution in [1.29, 1.82) is 0 Å². The fourth-order valence-corrected chi connectivity index (χ4v) is 0.455. The molecule has 0 bridgehead atoms. The molecule has 0 nitrogen and oxygen atoms in total. The fraction of sp³-hybridized carbons (Fsp3) is 1.00. The van der Waals surface area contributed by atoms with Crippen molar-refractivity contribution in [1.82, 2.24) is 0 Å². The van der Waals surface area contributed by atoms with Crippen molar-refractivity contribution >= 4 is 43.8 Å². The molecule has 0 fully saturated rings. The van der Waals surface area contributed by atoms with Gasteiger partial charge in [-0.2, -0.15) is 11.1 Å². The van der Waals surface area contributed by atoms with E-state index < -0.39 is 0 Å². The standard InChI is InChI=1S/C3H6Cl2.ClH3Si/c4-2-1-3-5;1-2/h1-3H2;2H3. The summed E-state index contributed by atoms with van der Waals surface area (Å²) < 4.78 is 0. The minimum absolute atomic E-state index is 0.684. The Morgan fingerprint density at radius 1 is 1.00 bits per heavy atom. The molecule has 0 unspecified atom stereocenters. The highest BCUT2D eigenvalue weighted by Gasteiger charge is 1.72. The molecule has 0 aromatic rings. The summed E-state index contributed by atoms with van der Waals surface area (Å²) in [6.07, 6.45) is 0.920. The van der Waals surface area contributed by atoms with E-state index in [0.29, 0.717) is 11.8 Å². The quantitative estimate of drug-likeness (QED) is 0.341. The number of halogens is 3. The molecule has 0 saturated carbocycles. The first-order valence-electron chi connectivity index (χ1n) is 1.91. The normalized spacial score (nSPS) is 7.29. The van der Waals surface area contributed by atoms with Crippen LogP contribution in [0.15, 0.2) is 0 Å². The van der Waals surface area contributed by atoms with E-state index in [2.05, 4.69) is 0 Å². The predicted molar refractivity (Wildman–Crippen MR) is 41.8 cm³/mol. The van der Waals surface area contributed by atoms with Crippen LogP contribution in [0.4, 0.5) is 0 Å². The highest BCUT2D eigenvalue weighted by Crippen LogP contribution is 1.84. The average Bonchev–Trinajstić information content (AvgIpc) is 1.75. The van der Waals surface area contributed by atoms with Gasteiger partial charge in [-0.3, -0.25) is 0 Å². The Morgan fingerprint density at radius 2 is 1.29 bits per heavy atom. The van der Waals surface area contributed by atoms with Crippen LogP contribution in [0.1, 0.15) is 6.42 Å². The smallest absolute Gasteiger partial charge is 0.109 e. The van der Waals surface area contributed by atoms with Crippen LogP contribution in [0.25, 0.3) is 0 Å². The number of hydrogen-bond donors (Lipinski definition) is 0. The summed E-state index contributed by atoms with van der Waals surface area (Å²) >= 11 is 15.2. The summed E-state index contributed by atoms with van der Waals surface area (Å²) in [4.78, 5) is 0. The third-order valence-electron chi connectivity index (χ3n) is 0.267. The average molecular weight is 180 g/mol. The van der Waals surface area contributed by atoms with Gasteiger partial charge in [0.15, 0.2) is 0 Å². The Morgan fingerprint density at radius 3 is 1.29 bits per heavy atom. The van der Waals surface area contributed by atoms with Gasteiger partial charge in [0.1, 0.15) is 9.55 Å². The Labute approximate surface area is 62.3 Å². The van der Waals surface area contributed by atoms with E-state index in [0.717, 1.165) is 16.0 Å². The molecule has 0 aromatic carbocycles. The molecule has 0 radical (unpaired) electrons. The van der Waals surface area contributed by atoms with E-state index in [-0.39, 0.29) is 0 Å². The third-order valence-corrected chi connectivity index (χ3v) is 0.802. The Balaban J connectivity index is 0. The zero-order chi connectivity index (χ0) is 6.12. The largest absolute Gasteiger partial charge is 0.181 e. The highest BCUT2D eigenvalue weighted by atomic mass is 35.6. The Bertz CT molecular complexity index is 17.7. The number of rotatable bonds is 2. The lowest BCUT2D eigenvalue weighted by Crippen LogP contribution is -1.70. The van der Waals surface area contributed by atoms with Gasteiger partial charge < -0.3 is 0 Å². The van der Waals surface area contributed by atoms with E-state index in [1.54, 1.807) is 0 Å². The van der Waals surface area contributed by atoms with Gasteiger partial charge in [-0.25, -0.2) is 0 Å². The van der Waals surface area contributed by atoms with Crippen molar-refractivity contribution in [2.75, 3.05) is 11.8 Å². The molecule has 0 amide bonds. The maximum absolute atomic E-state index is 5.22. The van der Waals surface area contributed by atoms with Crippen molar-refractivity contribution in [3.8, 4) is 0 Å². The molecule has 0 spiro atoms. The second-order valence-corrected chi connectivity index (χ2v) is 1.49. The summed E-state index contributed by atoms with van der Waals surface area (Å²) in [6.45, 7) is 0. The molecule has 46 valence electrons. The molecule has 0 saturated heterocycles. The highest BCUT2D eigenvalue weighted by molar-refractivity contribution is 6.80. The summed E-state index contributed by atoms with van der Waals surface area (Å²) in [5.74, 6) is 1.37. The van der Waals surface area contributed by atoms with Crippen molar-refractivity contribution in [2.24, 2.45) is 0 Å². The maximum Gasteiger partial charge on any atom is 0.109 e. The molecule has 0 rings (SSSR count). The van der Waals surface area contributed by atoms with Gasteiger partial charge in [0.05, 0.1) is 0 Å². The van der Waals surface area contributed by atoms with Crippen LogP contribution in [0, 0.1) is 0 Å². The van der Waals surface area contributed by atoms with Crippen molar-refractivity contribution in [3.63, 3.8) is 0 Å². The van der Waals surface area contributed by atoms with Gasteiger partial charge in [0.25, 0.3) is 0 Å². The molecule has 0 atom stereocenters. The second-order valence-electron chi connectivity index (χ2n) is 0.732. The van der Waals surface area contributed by atoms with Crippen LogP contribution in [0.2, 0.25) is 0 Å². The zero-order valence-corrected chi connectivity index (χ0v) is 8.52. The summed E-state index contributed by atoms with van der Waals surface area (Å²) in [6, 6.07) is 0. The lowest BCUT2D eigenvalue weighted by atomic mass is 10.6. The van der Waals surface area contributed by atoms with E-state index in [4.69, 9.17) is 34.3 Å². The SMILES string of the molecule is ClCCCCl.[SiH3]Cl. The number of alkyl halides is 2. The predicted octanol–water partition coefficient (Wildman–Crippen LogP) is 1.36. The van der Waals surface area contributed by atoms with E-state index in [9.17, 15) is 0 Å². The molecular weight excluding hydrogens is 170 g/mol. The molecule has 4 heteroatoms. The van der Waals surface area contributed by atoms with Gasteiger partial charge in [0.2, 0.25) is 0 Å². The molecule has 7 heavy (non-hydrogen) atoms.